The molecule has 0 spiro atoms. The summed E-state index contributed by atoms with van der Waals surface area (Å²) in [5.74, 6) is 0.893. The second kappa shape index (κ2) is 7.70. The van der Waals surface area contributed by atoms with Gasteiger partial charge in [0.05, 0.1) is 11.9 Å². The van der Waals surface area contributed by atoms with Crippen LogP contribution in [-0.2, 0) is 0 Å². The molecule has 2 aromatic carbocycles. The Hall–Kier alpha value is -3.38. The van der Waals surface area contributed by atoms with E-state index in [0.717, 1.165) is 11.3 Å². The number of halogens is 1. The number of rotatable bonds is 5. The van der Waals surface area contributed by atoms with Gasteiger partial charge in [0.15, 0.2) is 5.65 Å². The number of aromatic nitrogens is 3. The van der Waals surface area contributed by atoms with E-state index >= 15 is 0 Å². The summed E-state index contributed by atoms with van der Waals surface area (Å²) in [6.07, 6.45) is 1.72. The van der Waals surface area contributed by atoms with E-state index in [-0.39, 0.29) is 5.91 Å². The summed E-state index contributed by atoms with van der Waals surface area (Å²) in [5, 5.41) is 7.93. The van der Waals surface area contributed by atoms with Gasteiger partial charge < -0.3 is 10.1 Å². The molecule has 0 bridgehead atoms. The van der Waals surface area contributed by atoms with Crippen molar-refractivity contribution < 1.29 is 9.53 Å². The lowest BCUT2D eigenvalue weighted by molar-refractivity contribution is 0.0956. The van der Waals surface area contributed by atoms with E-state index < -0.39 is 0 Å². The Morgan fingerprint density at radius 2 is 2.00 bits per heavy atom. The normalized spacial score (nSPS) is 10.8. The fourth-order valence-electron chi connectivity index (χ4n) is 2.84. The Bertz CT molecular complexity index is 1160. The van der Waals surface area contributed by atoms with Gasteiger partial charge in [0.2, 0.25) is 5.88 Å². The summed E-state index contributed by atoms with van der Waals surface area (Å²) in [6.45, 7) is 2.46. The third-order valence-electron chi connectivity index (χ3n) is 4.11. The van der Waals surface area contributed by atoms with Crippen LogP contribution < -0.4 is 10.1 Å². The maximum atomic E-state index is 12.1. The standard InChI is InChI=1S/C21H17ClN4O2/c1-2-23-21(27)15-6-3-5-14(11-15)18-13-24-19-9-10-20(25-26(18)19)28-17-8-4-7-16(22)12-17/h3-13H,2H2,1H3,(H,23,27). The smallest absolute Gasteiger partial charge is 0.251 e. The van der Waals surface area contributed by atoms with Crippen LogP contribution in [-0.4, -0.2) is 27.0 Å². The first kappa shape index (κ1) is 18.0. The third kappa shape index (κ3) is 3.68. The van der Waals surface area contributed by atoms with Gasteiger partial charge >= 0.3 is 0 Å². The molecule has 28 heavy (non-hydrogen) atoms. The molecule has 1 N–H and O–H groups in total. The van der Waals surface area contributed by atoms with Crippen LogP contribution in [0.3, 0.4) is 0 Å². The van der Waals surface area contributed by atoms with Crippen molar-refractivity contribution in [3.63, 3.8) is 0 Å². The minimum Gasteiger partial charge on any atom is -0.438 e. The monoisotopic (exact) mass is 392 g/mol. The highest BCUT2D eigenvalue weighted by Gasteiger charge is 2.12. The molecule has 6 nitrogen and oxygen atoms in total. The van der Waals surface area contributed by atoms with E-state index in [2.05, 4.69) is 15.4 Å². The number of hydrogen-bond acceptors (Lipinski definition) is 4. The molecule has 0 aliphatic carbocycles. The van der Waals surface area contributed by atoms with Crippen LogP contribution in [0.15, 0.2) is 66.9 Å². The molecule has 4 aromatic rings. The van der Waals surface area contributed by atoms with Crippen molar-refractivity contribution in [2.75, 3.05) is 6.54 Å². The number of imidazole rings is 1. The minimum absolute atomic E-state index is 0.115. The molecule has 0 unspecified atom stereocenters. The molecule has 0 aliphatic heterocycles. The van der Waals surface area contributed by atoms with Gasteiger partial charge in [0, 0.05) is 28.8 Å². The topological polar surface area (TPSA) is 68.5 Å². The SMILES string of the molecule is CCNC(=O)c1cccc(-c2cnc3ccc(Oc4cccc(Cl)c4)nn23)c1. The maximum absolute atomic E-state index is 12.1. The summed E-state index contributed by atoms with van der Waals surface area (Å²) >= 11 is 6.01. The van der Waals surface area contributed by atoms with E-state index in [0.29, 0.717) is 34.4 Å². The predicted octanol–water partition coefficient (Wildman–Crippen LogP) is 4.59. The van der Waals surface area contributed by atoms with E-state index in [1.807, 2.05) is 43.3 Å². The van der Waals surface area contributed by atoms with Crippen molar-refractivity contribution in [2.24, 2.45) is 0 Å². The van der Waals surface area contributed by atoms with Crippen LogP contribution >= 0.6 is 11.6 Å². The zero-order valence-electron chi connectivity index (χ0n) is 15.1. The van der Waals surface area contributed by atoms with Crippen LogP contribution in [0.2, 0.25) is 5.02 Å². The molecule has 1 amide bonds. The molecule has 2 heterocycles. The zero-order chi connectivity index (χ0) is 19.5. The minimum atomic E-state index is -0.115. The van der Waals surface area contributed by atoms with Crippen LogP contribution in [0.1, 0.15) is 17.3 Å². The van der Waals surface area contributed by atoms with Gasteiger partial charge in [-0.05, 0) is 43.3 Å². The van der Waals surface area contributed by atoms with Gasteiger partial charge in [0.1, 0.15) is 5.75 Å². The van der Waals surface area contributed by atoms with E-state index in [1.54, 1.807) is 35.0 Å². The molecule has 4 rings (SSSR count). The molecular formula is C21H17ClN4O2. The summed E-state index contributed by atoms with van der Waals surface area (Å²) < 4.78 is 7.50. The first-order valence-electron chi connectivity index (χ1n) is 8.81. The van der Waals surface area contributed by atoms with Gasteiger partial charge in [0.25, 0.3) is 5.91 Å². The van der Waals surface area contributed by atoms with Gasteiger partial charge in [-0.3, -0.25) is 4.79 Å². The quantitative estimate of drug-likeness (QED) is 0.539. The number of hydrogen-bond donors (Lipinski definition) is 1. The number of nitrogens with one attached hydrogen (secondary N) is 1. The number of ether oxygens (including phenoxy) is 1. The maximum Gasteiger partial charge on any atom is 0.251 e. The Morgan fingerprint density at radius 1 is 1.14 bits per heavy atom. The molecule has 2 aromatic heterocycles. The average Bonchev–Trinajstić information content (AvgIpc) is 3.11. The number of amides is 1. The first-order chi connectivity index (χ1) is 13.6. The van der Waals surface area contributed by atoms with Gasteiger partial charge in [-0.1, -0.05) is 29.8 Å². The molecule has 0 saturated carbocycles. The summed E-state index contributed by atoms with van der Waals surface area (Å²) in [7, 11) is 0. The largest absolute Gasteiger partial charge is 0.438 e. The Labute approximate surface area is 166 Å². The van der Waals surface area contributed by atoms with Crippen molar-refractivity contribution in [1.82, 2.24) is 19.9 Å². The van der Waals surface area contributed by atoms with Crippen molar-refractivity contribution in [1.29, 1.82) is 0 Å². The second-order valence-electron chi connectivity index (χ2n) is 6.08. The summed E-state index contributed by atoms with van der Waals surface area (Å²) in [4.78, 5) is 16.5. The van der Waals surface area contributed by atoms with E-state index in [9.17, 15) is 4.79 Å². The number of nitrogens with zero attached hydrogens (tertiary/aromatic N) is 3. The molecule has 0 fully saturated rings. The predicted molar refractivity (Wildman–Crippen MR) is 108 cm³/mol. The lowest BCUT2D eigenvalue weighted by atomic mass is 10.1. The van der Waals surface area contributed by atoms with Crippen molar-refractivity contribution in [3.05, 3.63) is 77.4 Å². The number of carbonyl (C=O) groups is 1. The van der Waals surface area contributed by atoms with E-state index in [4.69, 9.17) is 16.3 Å². The lowest BCUT2D eigenvalue weighted by Crippen LogP contribution is -2.22. The van der Waals surface area contributed by atoms with Crippen LogP contribution in [0.5, 0.6) is 11.6 Å². The van der Waals surface area contributed by atoms with Crippen molar-refractivity contribution in [3.8, 4) is 22.9 Å². The molecule has 0 aliphatic rings. The third-order valence-corrected chi connectivity index (χ3v) is 4.35. The fraction of sp³-hybridized carbons (Fsp3) is 0.0952. The molecule has 0 saturated heterocycles. The van der Waals surface area contributed by atoms with E-state index in [1.165, 1.54) is 0 Å². The fourth-order valence-corrected chi connectivity index (χ4v) is 3.02. The number of benzene rings is 2. The van der Waals surface area contributed by atoms with Crippen LogP contribution in [0, 0.1) is 0 Å². The first-order valence-corrected chi connectivity index (χ1v) is 9.18. The highest BCUT2D eigenvalue weighted by Crippen LogP contribution is 2.25. The molecule has 0 radical (unpaired) electrons. The summed E-state index contributed by atoms with van der Waals surface area (Å²) in [6, 6.07) is 18.0. The Kier molecular flexibility index (Phi) is 4.95. The second-order valence-corrected chi connectivity index (χ2v) is 6.52. The lowest BCUT2D eigenvalue weighted by Gasteiger charge is -2.08. The highest BCUT2D eigenvalue weighted by atomic mass is 35.5. The molecule has 7 heteroatoms. The van der Waals surface area contributed by atoms with Gasteiger partial charge in [-0.15, -0.1) is 5.10 Å². The van der Waals surface area contributed by atoms with Crippen molar-refractivity contribution in [2.45, 2.75) is 6.92 Å². The zero-order valence-corrected chi connectivity index (χ0v) is 15.8. The van der Waals surface area contributed by atoms with Crippen LogP contribution in [0.4, 0.5) is 0 Å². The van der Waals surface area contributed by atoms with Crippen LogP contribution in [0.25, 0.3) is 16.9 Å². The Balaban J connectivity index is 1.70. The Morgan fingerprint density at radius 3 is 2.82 bits per heavy atom. The molecular weight excluding hydrogens is 376 g/mol. The van der Waals surface area contributed by atoms with Gasteiger partial charge in [-0.25, -0.2) is 9.50 Å². The van der Waals surface area contributed by atoms with Crippen molar-refractivity contribution >= 4 is 23.2 Å². The highest BCUT2D eigenvalue weighted by molar-refractivity contribution is 6.30. The number of fused-ring (bicyclic) bond motifs is 1. The average molecular weight is 393 g/mol. The van der Waals surface area contributed by atoms with Gasteiger partial charge in [-0.2, -0.15) is 0 Å². The summed E-state index contributed by atoms with van der Waals surface area (Å²) in [5.41, 5.74) is 2.86. The number of carbonyl (C=O) groups excluding carboxylic acids is 1. The molecule has 0 atom stereocenters. The molecule has 140 valence electrons.